The van der Waals surface area contributed by atoms with Gasteiger partial charge in [0.25, 0.3) is 5.91 Å². The Bertz CT molecular complexity index is 1340. The lowest BCUT2D eigenvalue weighted by Gasteiger charge is -2.31. The fourth-order valence-corrected chi connectivity index (χ4v) is 5.23. The standard InChI is InChI=1S/C27H31F3N6O2/c1-4-36-16-24(25(32-36)27(28,29)30)22-11-18(14-34-10-9-33(2)17-34)12-23-21(22)6-8-35(26(23)37)15-19-13-20(38-3)5-7-31-19/h5,7,11-13,16H,4,6,8-10,14-15,17H2,1-3H3. The van der Waals surface area contributed by atoms with E-state index >= 15 is 0 Å². The highest BCUT2D eigenvalue weighted by molar-refractivity contribution is 5.99. The molecule has 11 heteroatoms. The minimum atomic E-state index is -4.61. The molecule has 0 bridgehead atoms. The van der Waals surface area contributed by atoms with Gasteiger partial charge in [0.15, 0.2) is 5.69 Å². The zero-order chi connectivity index (χ0) is 27.0. The Morgan fingerprint density at radius 2 is 1.84 bits per heavy atom. The van der Waals surface area contributed by atoms with Gasteiger partial charge in [-0.3, -0.25) is 24.3 Å². The molecule has 3 aromatic rings. The molecule has 0 saturated carbocycles. The van der Waals surface area contributed by atoms with Crippen LogP contribution in [0.15, 0.2) is 36.7 Å². The van der Waals surface area contributed by atoms with Crippen LogP contribution in [0.3, 0.4) is 0 Å². The summed E-state index contributed by atoms with van der Waals surface area (Å²) in [4.78, 5) is 24.2. The Labute approximate surface area is 219 Å². The molecule has 1 fully saturated rings. The molecule has 0 atom stereocenters. The van der Waals surface area contributed by atoms with Crippen molar-refractivity contribution in [2.75, 3.05) is 40.5 Å². The fraction of sp³-hybridized carbons (Fsp3) is 0.444. The number of halogens is 3. The van der Waals surface area contributed by atoms with Gasteiger partial charge in [0.1, 0.15) is 5.75 Å². The number of carbonyl (C=O) groups excluding carboxylic acids is 1. The first-order valence-corrected chi connectivity index (χ1v) is 12.7. The van der Waals surface area contributed by atoms with Gasteiger partial charge in [-0.15, -0.1) is 0 Å². The second-order valence-electron chi connectivity index (χ2n) is 9.85. The number of amides is 1. The number of nitrogens with zero attached hydrogens (tertiary/aromatic N) is 6. The van der Waals surface area contributed by atoms with Crippen LogP contribution in [0, 0.1) is 0 Å². The second kappa shape index (κ2) is 10.4. The summed E-state index contributed by atoms with van der Waals surface area (Å²) in [7, 11) is 3.60. The number of benzene rings is 1. The van der Waals surface area contributed by atoms with Gasteiger partial charge in [-0.25, -0.2) is 0 Å². The van der Waals surface area contributed by atoms with Crippen molar-refractivity contribution in [1.82, 2.24) is 29.5 Å². The lowest BCUT2D eigenvalue weighted by molar-refractivity contribution is -0.141. The Morgan fingerprint density at radius 3 is 2.53 bits per heavy atom. The molecule has 0 radical (unpaired) electrons. The SMILES string of the molecule is CCn1cc(-c2cc(CN3CCN(C)C3)cc3c2CCN(Cc2cc(OC)ccn2)C3=O)c(C(F)(F)F)n1. The minimum absolute atomic E-state index is 0.0201. The van der Waals surface area contributed by atoms with Crippen LogP contribution in [0.4, 0.5) is 13.2 Å². The number of alkyl halides is 3. The lowest BCUT2D eigenvalue weighted by Crippen LogP contribution is -2.37. The molecular weight excluding hydrogens is 497 g/mol. The molecule has 38 heavy (non-hydrogen) atoms. The van der Waals surface area contributed by atoms with E-state index in [0.717, 1.165) is 25.3 Å². The zero-order valence-electron chi connectivity index (χ0n) is 21.8. The van der Waals surface area contributed by atoms with Crippen molar-refractivity contribution in [3.8, 4) is 16.9 Å². The molecule has 2 aliphatic heterocycles. The Morgan fingerprint density at radius 1 is 1.05 bits per heavy atom. The lowest BCUT2D eigenvalue weighted by atomic mass is 9.88. The summed E-state index contributed by atoms with van der Waals surface area (Å²) in [6, 6.07) is 7.18. The molecule has 202 valence electrons. The molecule has 0 unspecified atom stereocenters. The molecule has 8 nitrogen and oxygen atoms in total. The first-order chi connectivity index (χ1) is 18.2. The van der Waals surface area contributed by atoms with Crippen molar-refractivity contribution in [2.45, 2.75) is 39.2 Å². The molecule has 1 saturated heterocycles. The van der Waals surface area contributed by atoms with Gasteiger partial charge >= 0.3 is 6.18 Å². The largest absolute Gasteiger partial charge is 0.497 e. The number of ether oxygens (including phenoxy) is 1. The number of aryl methyl sites for hydroxylation is 1. The van der Waals surface area contributed by atoms with E-state index in [2.05, 4.69) is 19.9 Å². The minimum Gasteiger partial charge on any atom is -0.497 e. The molecule has 2 aliphatic rings. The number of rotatable bonds is 7. The molecule has 5 rings (SSSR count). The van der Waals surface area contributed by atoms with E-state index in [-0.39, 0.29) is 18.0 Å². The van der Waals surface area contributed by atoms with Crippen molar-refractivity contribution < 1.29 is 22.7 Å². The average Bonchev–Trinajstić information content (AvgIpc) is 3.52. The summed E-state index contributed by atoms with van der Waals surface area (Å²) in [6.07, 6.45) is -1.10. The Hall–Kier alpha value is -3.44. The maximum absolute atomic E-state index is 14.0. The first-order valence-electron chi connectivity index (χ1n) is 12.7. The van der Waals surface area contributed by atoms with Crippen LogP contribution >= 0.6 is 0 Å². The van der Waals surface area contributed by atoms with E-state index in [1.54, 1.807) is 37.3 Å². The van der Waals surface area contributed by atoms with Crippen molar-refractivity contribution in [3.05, 3.63) is 64.7 Å². The van der Waals surface area contributed by atoms with E-state index in [0.29, 0.717) is 54.2 Å². The third-order valence-corrected chi connectivity index (χ3v) is 7.13. The topological polar surface area (TPSA) is 66.7 Å². The van der Waals surface area contributed by atoms with E-state index in [9.17, 15) is 18.0 Å². The molecule has 0 aliphatic carbocycles. The number of hydrogen-bond acceptors (Lipinski definition) is 6. The molecule has 0 N–H and O–H groups in total. The van der Waals surface area contributed by atoms with Crippen LogP contribution in [-0.2, 0) is 32.2 Å². The third kappa shape index (κ3) is 5.25. The van der Waals surface area contributed by atoms with Gasteiger partial charge in [0.2, 0.25) is 0 Å². The fourth-order valence-electron chi connectivity index (χ4n) is 5.23. The van der Waals surface area contributed by atoms with E-state index in [4.69, 9.17) is 4.74 Å². The second-order valence-corrected chi connectivity index (χ2v) is 9.85. The van der Waals surface area contributed by atoms with Crippen LogP contribution in [0.25, 0.3) is 11.1 Å². The van der Waals surface area contributed by atoms with Crippen LogP contribution in [-0.4, -0.2) is 75.8 Å². The first kappa shape index (κ1) is 26.2. The number of carbonyl (C=O) groups is 1. The maximum Gasteiger partial charge on any atom is 0.435 e. The zero-order valence-corrected chi connectivity index (χ0v) is 21.8. The van der Waals surface area contributed by atoms with E-state index in [1.165, 1.54) is 10.9 Å². The summed E-state index contributed by atoms with van der Waals surface area (Å²) < 4.78 is 48.7. The number of fused-ring (bicyclic) bond motifs is 1. The molecule has 1 aromatic carbocycles. The number of likely N-dealkylation sites (N-methyl/N-ethyl adjacent to an activating group) is 1. The third-order valence-electron chi connectivity index (χ3n) is 7.13. The van der Waals surface area contributed by atoms with Crippen LogP contribution in [0.5, 0.6) is 5.75 Å². The van der Waals surface area contributed by atoms with Crippen molar-refractivity contribution in [2.24, 2.45) is 0 Å². The summed E-state index contributed by atoms with van der Waals surface area (Å²) in [6.45, 7) is 5.79. The summed E-state index contributed by atoms with van der Waals surface area (Å²) in [5.41, 5.74) is 2.10. The van der Waals surface area contributed by atoms with Crippen LogP contribution in [0.1, 0.15) is 39.8 Å². The summed E-state index contributed by atoms with van der Waals surface area (Å²) in [5.74, 6) is 0.432. The highest BCUT2D eigenvalue weighted by atomic mass is 19.4. The Kier molecular flexibility index (Phi) is 7.15. The number of aromatic nitrogens is 3. The van der Waals surface area contributed by atoms with Crippen LogP contribution in [0.2, 0.25) is 0 Å². The normalized spacial score (nSPS) is 16.8. The summed E-state index contributed by atoms with van der Waals surface area (Å²) >= 11 is 0. The quantitative estimate of drug-likeness (QED) is 0.464. The van der Waals surface area contributed by atoms with Gasteiger partial charge in [-0.2, -0.15) is 18.3 Å². The number of hydrogen-bond donors (Lipinski definition) is 0. The van der Waals surface area contributed by atoms with E-state index in [1.807, 2.05) is 19.2 Å². The maximum atomic E-state index is 14.0. The highest BCUT2D eigenvalue weighted by Gasteiger charge is 2.39. The monoisotopic (exact) mass is 528 g/mol. The Balaban J connectivity index is 1.57. The predicted molar refractivity (Wildman–Crippen MR) is 135 cm³/mol. The molecule has 4 heterocycles. The number of methoxy groups -OCH3 is 1. The van der Waals surface area contributed by atoms with Gasteiger partial charge in [-0.1, -0.05) is 0 Å². The highest BCUT2D eigenvalue weighted by Crippen LogP contribution is 2.40. The average molecular weight is 529 g/mol. The smallest absolute Gasteiger partial charge is 0.435 e. The van der Waals surface area contributed by atoms with Crippen molar-refractivity contribution >= 4 is 5.91 Å². The predicted octanol–water partition coefficient (Wildman–Crippen LogP) is 3.90. The van der Waals surface area contributed by atoms with E-state index < -0.39 is 11.9 Å². The van der Waals surface area contributed by atoms with Gasteiger partial charge in [-0.05, 0) is 55.3 Å². The molecule has 2 aromatic heterocycles. The van der Waals surface area contributed by atoms with Crippen LogP contribution < -0.4 is 4.74 Å². The van der Waals surface area contributed by atoms with Gasteiger partial charge in [0.05, 0.1) is 26.0 Å². The number of pyridine rings is 1. The van der Waals surface area contributed by atoms with Gasteiger partial charge in [0, 0.05) is 62.3 Å². The molecule has 1 amide bonds. The molecular formula is C27H31F3N6O2. The molecule has 0 spiro atoms. The summed E-state index contributed by atoms with van der Waals surface area (Å²) in [5, 5.41) is 3.83. The van der Waals surface area contributed by atoms with Crippen molar-refractivity contribution in [3.63, 3.8) is 0 Å². The van der Waals surface area contributed by atoms with Gasteiger partial charge < -0.3 is 9.64 Å². The van der Waals surface area contributed by atoms with Crippen molar-refractivity contribution in [1.29, 1.82) is 0 Å².